The van der Waals surface area contributed by atoms with Crippen LogP contribution in [0.3, 0.4) is 0 Å². The average molecular weight is 435 g/mol. The summed E-state index contributed by atoms with van der Waals surface area (Å²) in [7, 11) is 0. The van der Waals surface area contributed by atoms with Crippen LogP contribution in [0.1, 0.15) is 65.8 Å². The van der Waals surface area contributed by atoms with Gasteiger partial charge in [-0.2, -0.15) is 5.10 Å². The molecule has 3 heterocycles. The minimum Gasteiger partial charge on any atom is -0.342 e. The van der Waals surface area contributed by atoms with Crippen LogP contribution in [0.25, 0.3) is 0 Å². The highest BCUT2D eigenvalue weighted by atomic mass is 16.2. The summed E-state index contributed by atoms with van der Waals surface area (Å²) in [6, 6.07) is 10.4. The van der Waals surface area contributed by atoms with Crippen LogP contribution in [0.4, 0.5) is 0 Å². The smallest absolute Gasteiger partial charge is 0.274 e. The monoisotopic (exact) mass is 434 g/mol. The molecular formula is C26H34N4O2. The van der Waals surface area contributed by atoms with E-state index in [0.717, 1.165) is 95.2 Å². The van der Waals surface area contributed by atoms with Gasteiger partial charge in [0.1, 0.15) is 0 Å². The van der Waals surface area contributed by atoms with Crippen molar-refractivity contribution in [2.45, 2.75) is 57.8 Å². The van der Waals surface area contributed by atoms with E-state index in [4.69, 9.17) is 0 Å². The number of amides is 2. The van der Waals surface area contributed by atoms with Crippen molar-refractivity contribution in [1.82, 2.24) is 20.0 Å². The second-order valence-corrected chi connectivity index (χ2v) is 9.68. The molecule has 6 nitrogen and oxygen atoms in total. The van der Waals surface area contributed by atoms with Crippen molar-refractivity contribution in [3.05, 3.63) is 52.8 Å². The molecule has 2 fully saturated rings. The molecule has 2 saturated heterocycles. The van der Waals surface area contributed by atoms with Crippen LogP contribution >= 0.6 is 0 Å². The molecule has 1 aliphatic carbocycles. The Morgan fingerprint density at radius 3 is 2.62 bits per heavy atom. The summed E-state index contributed by atoms with van der Waals surface area (Å²) in [4.78, 5) is 30.6. The number of fused-ring (bicyclic) bond motifs is 1. The van der Waals surface area contributed by atoms with Crippen molar-refractivity contribution in [1.29, 1.82) is 0 Å². The molecule has 1 N–H and O–H groups in total. The highest BCUT2D eigenvalue weighted by molar-refractivity contribution is 5.94. The molecule has 1 atom stereocenters. The third kappa shape index (κ3) is 4.32. The molecule has 0 unspecified atom stereocenters. The van der Waals surface area contributed by atoms with Crippen LogP contribution in [0.15, 0.2) is 30.3 Å². The molecule has 5 rings (SSSR count). The van der Waals surface area contributed by atoms with Gasteiger partial charge in [-0.3, -0.25) is 14.7 Å². The van der Waals surface area contributed by atoms with Gasteiger partial charge in [0.2, 0.25) is 5.91 Å². The molecular weight excluding hydrogens is 400 g/mol. The molecule has 170 valence electrons. The first-order chi connectivity index (χ1) is 15.7. The van der Waals surface area contributed by atoms with E-state index in [9.17, 15) is 9.59 Å². The second kappa shape index (κ2) is 9.47. The van der Waals surface area contributed by atoms with Gasteiger partial charge >= 0.3 is 0 Å². The topological polar surface area (TPSA) is 69.3 Å². The number of nitrogens with zero attached hydrogens (tertiary/aromatic N) is 3. The van der Waals surface area contributed by atoms with Crippen LogP contribution in [0, 0.1) is 11.8 Å². The standard InChI is InChI=1S/C26H34N4O2/c31-25-21(9-4-5-15-29(25)16-12-19-7-2-1-3-8-19)20-13-17-30(18-14-20)26(32)24-22-10-6-11-23(22)27-28-24/h1-3,7-8,20-21H,4-6,9-18H2,(H,27,28)/t21-/m1/s1. The van der Waals surface area contributed by atoms with E-state index in [-0.39, 0.29) is 11.8 Å². The predicted molar refractivity (Wildman–Crippen MR) is 123 cm³/mol. The average Bonchev–Trinajstić information content (AvgIpc) is 3.40. The van der Waals surface area contributed by atoms with Gasteiger partial charge in [0.05, 0.1) is 0 Å². The number of likely N-dealkylation sites (tertiary alicyclic amines) is 2. The fourth-order valence-corrected chi connectivity index (χ4v) is 5.85. The van der Waals surface area contributed by atoms with Crippen molar-refractivity contribution in [3.8, 4) is 0 Å². The number of aryl methyl sites for hydroxylation is 1. The lowest BCUT2D eigenvalue weighted by Crippen LogP contribution is -2.44. The van der Waals surface area contributed by atoms with Crippen LogP contribution < -0.4 is 0 Å². The Balaban J connectivity index is 1.18. The number of carbonyl (C=O) groups is 2. The highest BCUT2D eigenvalue weighted by Crippen LogP contribution is 2.33. The molecule has 0 radical (unpaired) electrons. The van der Waals surface area contributed by atoms with Crippen LogP contribution in [0.5, 0.6) is 0 Å². The van der Waals surface area contributed by atoms with Gasteiger partial charge in [-0.15, -0.1) is 0 Å². The summed E-state index contributed by atoms with van der Waals surface area (Å²) in [6.07, 6.45) is 9.03. The molecule has 1 aromatic carbocycles. The summed E-state index contributed by atoms with van der Waals surface area (Å²) >= 11 is 0. The van der Waals surface area contributed by atoms with Crippen LogP contribution in [0.2, 0.25) is 0 Å². The van der Waals surface area contributed by atoms with E-state index < -0.39 is 0 Å². The molecule has 2 amide bonds. The molecule has 6 heteroatoms. The minimum absolute atomic E-state index is 0.0690. The van der Waals surface area contributed by atoms with E-state index in [1.807, 2.05) is 11.0 Å². The molecule has 0 bridgehead atoms. The van der Waals surface area contributed by atoms with Crippen molar-refractivity contribution >= 4 is 11.8 Å². The lowest BCUT2D eigenvalue weighted by molar-refractivity contribution is -0.137. The number of H-pyrrole nitrogens is 1. The highest BCUT2D eigenvalue weighted by Gasteiger charge is 2.36. The number of benzene rings is 1. The molecule has 3 aliphatic rings. The molecule has 2 aromatic rings. The summed E-state index contributed by atoms with van der Waals surface area (Å²) in [5.41, 5.74) is 4.19. The van der Waals surface area contributed by atoms with Crippen molar-refractivity contribution in [2.24, 2.45) is 11.8 Å². The maximum Gasteiger partial charge on any atom is 0.274 e. The molecule has 2 aliphatic heterocycles. The Labute approximate surface area is 190 Å². The Hall–Kier alpha value is -2.63. The number of piperidine rings is 1. The predicted octanol–water partition coefficient (Wildman–Crippen LogP) is 3.62. The number of carbonyl (C=O) groups excluding carboxylic acids is 2. The molecule has 32 heavy (non-hydrogen) atoms. The Bertz CT molecular complexity index is 946. The third-order valence-electron chi connectivity index (χ3n) is 7.74. The van der Waals surface area contributed by atoms with E-state index in [1.54, 1.807) is 0 Å². The fourth-order valence-electron chi connectivity index (χ4n) is 5.85. The van der Waals surface area contributed by atoms with E-state index >= 15 is 0 Å². The Morgan fingerprint density at radius 2 is 1.81 bits per heavy atom. The number of nitrogens with one attached hydrogen (secondary N) is 1. The number of rotatable bonds is 5. The van der Waals surface area contributed by atoms with Crippen LogP contribution in [-0.2, 0) is 24.1 Å². The number of hydrogen-bond donors (Lipinski definition) is 1. The first-order valence-corrected chi connectivity index (χ1v) is 12.4. The second-order valence-electron chi connectivity index (χ2n) is 9.68. The number of aromatic nitrogens is 2. The first-order valence-electron chi connectivity index (χ1n) is 12.4. The summed E-state index contributed by atoms with van der Waals surface area (Å²) in [5, 5.41) is 7.38. The molecule has 0 saturated carbocycles. The van der Waals surface area contributed by atoms with E-state index in [0.29, 0.717) is 17.5 Å². The van der Waals surface area contributed by atoms with E-state index in [1.165, 1.54) is 5.56 Å². The van der Waals surface area contributed by atoms with Gasteiger partial charge in [-0.05, 0) is 62.8 Å². The van der Waals surface area contributed by atoms with Gasteiger partial charge in [-0.1, -0.05) is 36.8 Å². The summed E-state index contributed by atoms with van der Waals surface area (Å²) < 4.78 is 0. The lowest BCUT2D eigenvalue weighted by Gasteiger charge is -2.36. The largest absolute Gasteiger partial charge is 0.342 e. The third-order valence-corrected chi connectivity index (χ3v) is 7.74. The molecule has 1 aromatic heterocycles. The summed E-state index contributed by atoms with van der Waals surface area (Å²) in [6.45, 7) is 3.16. The van der Waals surface area contributed by atoms with Crippen LogP contribution in [-0.4, -0.2) is 58.0 Å². The normalized spacial score (nSPS) is 22.1. The quantitative estimate of drug-likeness (QED) is 0.781. The zero-order chi connectivity index (χ0) is 21.9. The minimum atomic E-state index is 0.0690. The number of hydrogen-bond acceptors (Lipinski definition) is 3. The maximum atomic E-state index is 13.4. The zero-order valence-corrected chi connectivity index (χ0v) is 18.9. The maximum absolute atomic E-state index is 13.4. The summed E-state index contributed by atoms with van der Waals surface area (Å²) in [5.74, 6) is 0.904. The van der Waals surface area contributed by atoms with Gasteiger partial charge in [0.25, 0.3) is 5.91 Å². The van der Waals surface area contributed by atoms with Gasteiger partial charge in [0.15, 0.2) is 5.69 Å². The Morgan fingerprint density at radius 1 is 1.00 bits per heavy atom. The fraction of sp³-hybridized carbons (Fsp3) is 0.577. The Kier molecular flexibility index (Phi) is 6.28. The van der Waals surface area contributed by atoms with Gasteiger partial charge in [-0.25, -0.2) is 0 Å². The first kappa shape index (κ1) is 21.2. The van der Waals surface area contributed by atoms with E-state index in [2.05, 4.69) is 39.4 Å². The zero-order valence-electron chi connectivity index (χ0n) is 18.9. The van der Waals surface area contributed by atoms with Crippen molar-refractivity contribution in [3.63, 3.8) is 0 Å². The van der Waals surface area contributed by atoms with Gasteiger partial charge in [0, 0.05) is 43.4 Å². The van der Waals surface area contributed by atoms with Crippen molar-refractivity contribution < 1.29 is 9.59 Å². The number of aromatic amines is 1. The van der Waals surface area contributed by atoms with Crippen molar-refractivity contribution in [2.75, 3.05) is 26.2 Å². The van der Waals surface area contributed by atoms with Gasteiger partial charge < -0.3 is 9.80 Å². The lowest BCUT2D eigenvalue weighted by atomic mass is 9.81. The molecule has 0 spiro atoms. The SMILES string of the molecule is O=C(c1n[nH]c2c1CCC2)N1CCC([C@H]2CCCCN(CCc3ccccc3)C2=O)CC1.